The fourth-order valence-corrected chi connectivity index (χ4v) is 3.65. The van der Waals surface area contributed by atoms with Crippen molar-refractivity contribution in [3.8, 4) is 5.75 Å². The van der Waals surface area contributed by atoms with Crippen LogP contribution < -0.4 is 21.6 Å². The predicted octanol–water partition coefficient (Wildman–Crippen LogP) is -0.625. The van der Waals surface area contributed by atoms with Crippen LogP contribution in [-0.2, 0) is 25.4 Å². The van der Waals surface area contributed by atoms with Crippen molar-refractivity contribution in [2.24, 2.45) is 14.1 Å². The summed E-state index contributed by atoms with van der Waals surface area (Å²) in [5, 5.41) is 0. The van der Waals surface area contributed by atoms with Crippen LogP contribution in [0.4, 0.5) is 0 Å². The fourth-order valence-electron chi connectivity index (χ4n) is 3.65. The number of aryl methyl sites for hydroxylation is 2. The Morgan fingerprint density at radius 2 is 2.00 bits per heavy atom. The van der Waals surface area contributed by atoms with Crippen LogP contribution in [0.25, 0.3) is 11.2 Å². The Bertz CT molecular complexity index is 1310. The van der Waals surface area contributed by atoms with E-state index in [-0.39, 0.29) is 29.7 Å². The molecule has 11 nitrogen and oxygen atoms in total. The number of hydrogen-bond acceptors (Lipinski definition) is 7. The standard InChI is InChI=1S/C19H21N5O6/c1-11-6-13(7-15(26)29-11)30-12-4-5-23(8-12)14(25)9-24-10-20-17-16(24)18(27)22(3)19(28)21(17)2/h6-7,10,12H,4-5,8-9H2,1-3H3. The number of ether oxygens (including phenoxy) is 1. The summed E-state index contributed by atoms with van der Waals surface area (Å²) >= 11 is 0. The highest BCUT2D eigenvalue weighted by Gasteiger charge is 2.28. The molecule has 0 aromatic carbocycles. The third-order valence-electron chi connectivity index (χ3n) is 5.19. The molecular weight excluding hydrogens is 394 g/mol. The second kappa shape index (κ2) is 7.32. The van der Waals surface area contributed by atoms with Gasteiger partial charge >= 0.3 is 11.3 Å². The van der Waals surface area contributed by atoms with Gasteiger partial charge in [0.2, 0.25) is 5.91 Å². The van der Waals surface area contributed by atoms with Gasteiger partial charge in [-0.25, -0.2) is 14.6 Å². The topological polar surface area (TPSA) is 122 Å². The highest BCUT2D eigenvalue weighted by molar-refractivity contribution is 5.79. The van der Waals surface area contributed by atoms with Gasteiger partial charge in [0.1, 0.15) is 24.2 Å². The molecule has 1 aliphatic rings. The number of likely N-dealkylation sites (tertiary alicyclic amines) is 1. The van der Waals surface area contributed by atoms with Crippen LogP contribution in [0.5, 0.6) is 5.75 Å². The zero-order valence-corrected chi connectivity index (χ0v) is 16.8. The maximum absolute atomic E-state index is 12.8. The van der Waals surface area contributed by atoms with Gasteiger partial charge < -0.3 is 18.6 Å². The summed E-state index contributed by atoms with van der Waals surface area (Å²) in [6.45, 7) is 2.44. The van der Waals surface area contributed by atoms with E-state index in [1.54, 1.807) is 17.9 Å². The third-order valence-corrected chi connectivity index (χ3v) is 5.19. The van der Waals surface area contributed by atoms with Crippen LogP contribution in [-0.4, -0.2) is 48.7 Å². The molecule has 1 atom stereocenters. The van der Waals surface area contributed by atoms with Gasteiger partial charge in [-0.3, -0.25) is 18.7 Å². The van der Waals surface area contributed by atoms with Crippen molar-refractivity contribution in [3.05, 3.63) is 55.5 Å². The van der Waals surface area contributed by atoms with Crippen molar-refractivity contribution in [2.75, 3.05) is 13.1 Å². The van der Waals surface area contributed by atoms with Crippen LogP contribution >= 0.6 is 0 Å². The Morgan fingerprint density at radius 3 is 2.73 bits per heavy atom. The zero-order chi connectivity index (χ0) is 21.6. The molecule has 0 spiro atoms. The van der Waals surface area contributed by atoms with E-state index in [0.29, 0.717) is 31.0 Å². The summed E-state index contributed by atoms with van der Waals surface area (Å²) < 4.78 is 14.5. The molecule has 0 bridgehead atoms. The number of amides is 1. The number of imidazole rings is 1. The maximum atomic E-state index is 12.8. The molecule has 1 amide bonds. The number of carbonyl (C=O) groups excluding carboxylic acids is 1. The SMILES string of the molecule is Cc1cc(OC2CCN(C(=O)Cn3cnc4c3c(=O)n(C)c(=O)n4C)C2)cc(=O)o1. The molecule has 1 unspecified atom stereocenters. The van der Waals surface area contributed by atoms with Gasteiger partial charge in [-0.2, -0.15) is 0 Å². The van der Waals surface area contributed by atoms with E-state index < -0.39 is 16.9 Å². The summed E-state index contributed by atoms with van der Waals surface area (Å²) in [6.07, 6.45) is 1.76. The molecular formula is C19H21N5O6. The Kier molecular flexibility index (Phi) is 4.80. The van der Waals surface area contributed by atoms with Crippen molar-refractivity contribution in [2.45, 2.75) is 26.0 Å². The number of rotatable bonds is 4. The van der Waals surface area contributed by atoms with E-state index >= 15 is 0 Å². The first kappa shape index (κ1) is 19.7. The monoisotopic (exact) mass is 415 g/mol. The number of aromatic nitrogens is 4. The summed E-state index contributed by atoms with van der Waals surface area (Å²) in [5.74, 6) is 0.666. The van der Waals surface area contributed by atoms with E-state index in [4.69, 9.17) is 9.15 Å². The summed E-state index contributed by atoms with van der Waals surface area (Å²) in [5.41, 5.74) is -1.03. The summed E-state index contributed by atoms with van der Waals surface area (Å²) in [7, 11) is 2.91. The average molecular weight is 415 g/mol. The van der Waals surface area contributed by atoms with Gasteiger partial charge in [0.25, 0.3) is 5.56 Å². The van der Waals surface area contributed by atoms with E-state index in [1.165, 1.54) is 35.6 Å². The molecule has 3 aromatic rings. The molecule has 4 heterocycles. The quantitative estimate of drug-likeness (QED) is 0.556. The van der Waals surface area contributed by atoms with Gasteiger partial charge in [0.05, 0.1) is 18.9 Å². The Labute approximate surface area is 169 Å². The molecule has 3 aromatic heterocycles. The molecule has 0 aliphatic carbocycles. The first-order valence-corrected chi connectivity index (χ1v) is 9.41. The molecule has 0 radical (unpaired) electrons. The molecule has 158 valence electrons. The fraction of sp³-hybridized carbons (Fsp3) is 0.421. The molecule has 4 rings (SSSR count). The van der Waals surface area contributed by atoms with E-state index in [0.717, 1.165) is 4.57 Å². The van der Waals surface area contributed by atoms with Gasteiger partial charge in [-0.1, -0.05) is 0 Å². The first-order valence-electron chi connectivity index (χ1n) is 9.41. The second-order valence-electron chi connectivity index (χ2n) is 7.34. The van der Waals surface area contributed by atoms with Crippen molar-refractivity contribution >= 4 is 17.1 Å². The minimum atomic E-state index is -0.501. The van der Waals surface area contributed by atoms with Gasteiger partial charge in [0, 0.05) is 33.1 Å². The Balaban J connectivity index is 1.50. The Hall–Kier alpha value is -3.63. The van der Waals surface area contributed by atoms with Crippen LogP contribution in [0.2, 0.25) is 0 Å². The highest BCUT2D eigenvalue weighted by atomic mass is 16.5. The molecule has 11 heteroatoms. The molecule has 1 fully saturated rings. The lowest BCUT2D eigenvalue weighted by Gasteiger charge is -2.17. The van der Waals surface area contributed by atoms with Crippen LogP contribution in [0, 0.1) is 6.92 Å². The first-order chi connectivity index (χ1) is 14.2. The van der Waals surface area contributed by atoms with Gasteiger partial charge in [0.15, 0.2) is 11.2 Å². The lowest BCUT2D eigenvalue weighted by atomic mass is 10.3. The van der Waals surface area contributed by atoms with Crippen molar-refractivity contribution < 1.29 is 13.9 Å². The molecule has 1 aliphatic heterocycles. The van der Waals surface area contributed by atoms with Crippen LogP contribution in [0.3, 0.4) is 0 Å². The lowest BCUT2D eigenvalue weighted by molar-refractivity contribution is -0.131. The largest absolute Gasteiger partial charge is 0.488 e. The van der Waals surface area contributed by atoms with Crippen molar-refractivity contribution in [1.29, 1.82) is 0 Å². The van der Waals surface area contributed by atoms with Crippen LogP contribution in [0.1, 0.15) is 12.2 Å². The average Bonchev–Trinajstić information content (AvgIpc) is 3.31. The summed E-state index contributed by atoms with van der Waals surface area (Å²) in [4.78, 5) is 54.6. The van der Waals surface area contributed by atoms with Crippen molar-refractivity contribution in [3.63, 3.8) is 0 Å². The maximum Gasteiger partial charge on any atom is 0.339 e. The molecule has 1 saturated heterocycles. The zero-order valence-electron chi connectivity index (χ0n) is 16.8. The Morgan fingerprint density at radius 1 is 1.23 bits per heavy atom. The van der Waals surface area contributed by atoms with E-state index in [2.05, 4.69) is 4.98 Å². The smallest absolute Gasteiger partial charge is 0.339 e. The third kappa shape index (κ3) is 3.42. The lowest BCUT2D eigenvalue weighted by Crippen LogP contribution is -2.38. The van der Waals surface area contributed by atoms with Crippen LogP contribution in [0.15, 0.2) is 37.3 Å². The van der Waals surface area contributed by atoms with E-state index in [9.17, 15) is 19.2 Å². The highest BCUT2D eigenvalue weighted by Crippen LogP contribution is 2.19. The second-order valence-corrected chi connectivity index (χ2v) is 7.34. The van der Waals surface area contributed by atoms with Gasteiger partial charge in [-0.05, 0) is 6.92 Å². The number of nitrogens with zero attached hydrogens (tertiary/aromatic N) is 5. The number of hydrogen-bond donors (Lipinski definition) is 0. The molecule has 0 saturated carbocycles. The van der Waals surface area contributed by atoms with E-state index in [1.807, 2.05) is 0 Å². The predicted molar refractivity (Wildman–Crippen MR) is 106 cm³/mol. The molecule has 0 N–H and O–H groups in total. The number of carbonyl (C=O) groups is 1. The minimum Gasteiger partial charge on any atom is -0.488 e. The van der Waals surface area contributed by atoms with Crippen molar-refractivity contribution in [1.82, 2.24) is 23.6 Å². The minimum absolute atomic E-state index is 0.0787. The van der Waals surface area contributed by atoms with Gasteiger partial charge in [-0.15, -0.1) is 0 Å². The normalized spacial score (nSPS) is 16.4. The molecule has 30 heavy (non-hydrogen) atoms. The summed E-state index contributed by atoms with van der Waals surface area (Å²) in [6, 6.07) is 2.90. The number of fused-ring (bicyclic) bond motifs is 1.